The first-order valence-corrected chi connectivity index (χ1v) is 14.3. The van der Waals surface area contributed by atoms with Crippen molar-refractivity contribution < 1.29 is 22.7 Å². The number of carbonyl (C=O) groups excluding carboxylic acids is 2. The van der Waals surface area contributed by atoms with Crippen molar-refractivity contribution in [2.24, 2.45) is 0 Å². The molecule has 3 rings (SSSR count). The summed E-state index contributed by atoms with van der Waals surface area (Å²) in [4.78, 5) is 28.4. The van der Waals surface area contributed by atoms with Crippen LogP contribution in [-0.2, 0) is 24.3 Å². The number of hydrogen-bond acceptors (Lipinski definition) is 8. The Labute approximate surface area is 231 Å². The van der Waals surface area contributed by atoms with E-state index >= 15 is 0 Å². The van der Waals surface area contributed by atoms with E-state index in [1.165, 1.54) is 38.4 Å². The third kappa shape index (κ3) is 7.57. The lowest BCUT2D eigenvalue weighted by Crippen LogP contribution is -2.39. The average Bonchev–Trinajstić information content (AvgIpc) is 3.33. The number of methoxy groups -OCH3 is 1. The molecule has 1 amide bonds. The lowest BCUT2D eigenvalue weighted by atomic mass is 10.2. The van der Waals surface area contributed by atoms with Crippen molar-refractivity contribution in [3.8, 4) is 21.0 Å². The van der Waals surface area contributed by atoms with Gasteiger partial charge in [0, 0.05) is 41.7 Å². The zero-order chi connectivity index (χ0) is 28.0. The third-order valence-electron chi connectivity index (χ3n) is 5.06. The second-order valence-electron chi connectivity index (χ2n) is 8.62. The first-order valence-electron chi connectivity index (χ1n) is 11.6. The highest BCUT2D eigenvalue weighted by Gasteiger charge is 2.26. The molecule has 0 fully saturated rings. The molecule has 38 heavy (non-hydrogen) atoms. The van der Waals surface area contributed by atoms with Crippen LogP contribution >= 0.6 is 23.6 Å². The number of hydrogen-bond donors (Lipinski definition) is 4. The fourth-order valence-electron chi connectivity index (χ4n) is 3.41. The van der Waals surface area contributed by atoms with Gasteiger partial charge in [-0.2, -0.15) is 4.72 Å². The summed E-state index contributed by atoms with van der Waals surface area (Å²) in [6.07, 6.45) is 1.59. The van der Waals surface area contributed by atoms with E-state index in [1.807, 2.05) is 38.1 Å². The summed E-state index contributed by atoms with van der Waals surface area (Å²) in [5.74, 6) is -1.08. The number of esters is 1. The molecule has 0 saturated heterocycles. The molecule has 0 bridgehead atoms. The molecule has 2 aromatic carbocycles. The van der Waals surface area contributed by atoms with E-state index in [4.69, 9.17) is 12.2 Å². The summed E-state index contributed by atoms with van der Waals surface area (Å²) in [6, 6.07) is 11.2. The van der Waals surface area contributed by atoms with Crippen molar-refractivity contribution in [1.29, 1.82) is 0 Å². The number of sulfonamides is 1. The lowest BCUT2D eigenvalue weighted by Gasteiger charge is -2.15. The van der Waals surface area contributed by atoms with Crippen LogP contribution in [0, 0.1) is 0 Å². The molecule has 0 saturated carbocycles. The molecule has 10 nitrogen and oxygen atoms in total. The van der Waals surface area contributed by atoms with Gasteiger partial charge in [0.2, 0.25) is 15.9 Å². The van der Waals surface area contributed by atoms with Gasteiger partial charge < -0.3 is 20.7 Å². The van der Waals surface area contributed by atoms with E-state index in [0.29, 0.717) is 26.2 Å². The molecule has 13 heteroatoms. The highest BCUT2D eigenvalue weighted by Crippen LogP contribution is 2.37. The summed E-state index contributed by atoms with van der Waals surface area (Å²) >= 11 is 6.59. The molecule has 202 valence electrons. The van der Waals surface area contributed by atoms with Crippen molar-refractivity contribution in [1.82, 2.24) is 15.0 Å². The fourth-order valence-corrected chi connectivity index (χ4v) is 6.23. The van der Waals surface area contributed by atoms with Gasteiger partial charge in [-0.15, -0.1) is 11.3 Å². The SMILES string of the molecule is COC(=O)C(C)NS(=O)(=O)c1cc(NC(C)=O)ccc1-c1cnc(-c2ccc(NC(=S)NC(C)C)cc2)s1. The summed E-state index contributed by atoms with van der Waals surface area (Å²) < 4.78 is 33.6. The monoisotopic (exact) mass is 575 g/mol. The smallest absolute Gasteiger partial charge is 0.323 e. The highest BCUT2D eigenvalue weighted by molar-refractivity contribution is 7.89. The molecule has 0 aliphatic carbocycles. The van der Waals surface area contributed by atoms with Gasteiger partial charge in [-0.25, -0.2) is 13.4 Å². The maximum Gasteiger partial charge on any atom is 0.323 e. The number of ether oxygens (including phenoxy) is 1. The average molecular weight is 576 g/mol. The second-order valence-corrected chi connectivity index (χ2v) is 11.7. The summed E-state index contributed by atoms with van der Waals surface area (Å²) in [5.41, 5.74) is 2.32. The second kappa shape index (κ2) is 12.4. The van der Waals surface area contributed by atoms with Gasteiger partial charge in [-0.1, -0.05) is 6.07 Å². The maximum atomic E-state index is 13.3. The summed E-state index contributed by atoms with van der Waals surface area (Å²) in [5, 5.41) is 10.0. The quantitative estimate of drug-likeness (QED) is 0.220. The normalized spacial score (nSPS) is 12.1. The molecule has 1 unspecified atom stereocenters. The Morgan fingerprint density at radius 2 is 1.68 bits per heavy atom. The molecule has 0 aliphatic rings. The van der Waals surface area contributed by atoms with E-state index in [2.05, 4.69) is 30.4 Å². The Balaban J connectivity index is 1.94. The molecule has 3 aromatic rings. The molecule has 1 atom stereocenters. The molecule has 0 radical (unpaired) electrons. The number of carbonyl (C=O) groups is 2. The lowest BCUT2D eigenvalue weighted by molar-refractivity contribution is -0.142. The van der Waals surface area contributed by atoms with Crippen LogP contribution in [0.4, 0.5) is 11.4 Å². The zero-order valence-corrected chi connectivity index (χ0v) is 23.9. The Morgan fingerprint density at radius 3 is 2.29 bits per heavy atom. The number of anilines is 2. The third-order valence-corrected chi connectivity index (χ3v) is 7.94. The van der Waals surface area contributed by atoms with Crippen LogP contribution in [0.1, 0.15) is 27.7 Å². The van der Waals surface area contributed by atoms with Gasteiger partial charge in [0.25, 0.3) is 0 Å². The minimum Gasteiger partial charge on any atom is -0.468 e. The standard InChI is InChI=1S/C25H29N5O5S3/c1-14(2)27-25(36)29-18-8-6-17(7-9-18)23-26-13-21(37-23)20-11-10-19(28-16(4)31)12-22(20)38(33,34)30-15(3)24(32)35-5/h6-15,30H,1-5H3,(H,28,31)(H2,27,29,36). The first-order chi connectivity index (χ1) is 17.9. The Hall–Kier alpha value is -3.39. The zero-order valence-electron chi connectivity index (χ0n) is 21.5. The van der Waals surface area contributed by atoms with Gasteiger partial charge in [-0.3, -0.25) is 9.59 Å². The largest absolute Gasteiger partial charge is 0.468 e. The molecule has 0 spiro atoms. The van der Waals surface area contributed by atoms with E-state index in [0.717, 1.165) is 11.3 Å². The number of thiazole rings is 1. The van der Waals surface area contributed by atoms with Crippen molar-refractivity contribution in [3.05, 3.63) is 48.7 Å². The Kier molecular flexibility index (Phi) is 9.55. The van der Waals surface area contributed by atoms with Gasteiger partial charge in [0.05, 0.1) is 16.9 Å². The minimum atomic E-state index is -4.18. The van der Waals surface area contributed by atoms with Crippen molar-refractivity contribution in [2.75, 3.05) is 17.7 Å². The summed E-state index contributed by atoms with van der Waals surface area (Å²) in [7, 11) is -3.01. The van der Waals surface area contributed by atoms with Gasteiger partial charge in [0.1, 0.15) is 11.0 Å². The van der Waals surface area contributed by atoms with Crippen LogP contribution in [-0.4, -0.2) is 49.6 Å². The number of aromatic nitrogens is 1. The molecule has 4 N–H and O–H groups in total. The van der Waals surface area contributed by atoms with Gasteiger partial charge >= 0.3 is 5.97 Å². The number of nitrogens with one attached hydrogen (secondary N) is 4. The van der Waals surface area contributed by atoms with Crippen LogP contribution in [0.5, 0.6) is 0 Å². The van der Waals surface area contributed by atoms with Crippen molar-refractivity contribution in [3.63, 3.8) is 0 Å². The molecule has 1 aromatic heterocycles. The van der Waals surface area contributed by atoms with Crippen LogP contribution in [0.2, 0.25) is 0 Å². The number of nitrogens with zero attached hydrogens (tertiary/aromatic N) is 1. The van der Waals surface area contributed by atoms with E-state index in [9.17, 15) is 18.0 Å². The van der Waals surface area contributed by atoms with Crippen molar-refractivity contribution in [2.45, 2.75) is 44.7 Å². The van der Waals surface area contributed by atoms with Crippen LogP contribution in [0.25, 0.3) is 21.0 Å². The number of benzene rings is 2. The van der Waals surface area contributed by atoms with Crippen LogP contribution < -0.4 is 20.7 Å². The molecule has 1 heterocycles. The van der Waals surface area contributed by atoms with Gasteiger partial charge in [0.15, 0.2) is 5.11 Å². The number of amides is 1. The number of thiocarbonyl (C=S) groups is 1. The first kappa shape index (κ1) is 29.2. The maximum absolute atomic E-state index is 13.3. The minimum absolute atomic E-state index is 0.111. The topological polar surface area (TPSA) is 139 Å². The number of rotatable bonds is 9. The van der Waals surface area contributed by atoms with Crippen LogP contribution in [0.3, 0.4) is 0 Å². The van der Waals surface area contributed by atoms with Crippen LogP contribution in [0.15, 0.2) is 53.6 Å². The molecule has 0 aliphatic heterocycles. The fraction of sp³-hybridized carbons (Fsp3) is 0.280. The Morgan fingerprint density at radius 1 is 1.03 bits per heavy atom. The van der Waals surface area contributed by atoms with Gasteiger partial charge in [-0.05, 0) is 69.4 Å². The van der Waals surface area contributed by atoms with E-state index in [-0.39, 0.29) is 16.8 Å². The van der Waals surface area contributed by atoms with E-state index < -0.39 is 22.0 Å². The Bertz CT molecular complexity index is 1440. The summed E-state index contributed by atoms with van der Waals surface area (Å²) in [6.45, 7) is 6.70. The molecular weight excluding hydrogens is 547 g/mol. The predicted octanol–water partition coefficient (Wildman–Crippen LogP) is 3.97. The van der Waals surface area contributed by atoms with E-state index in [1.54, 1.807) is 18.3 Å². The molecular formula is C25H29N5O5S3. The van der Waals surface area contributed by atoms with Crippen molar-refractivity contribution >= 4 is 61.9 Å². The predicted molar refractivity (Wildman–Crippen MR) is 154 cm³/mol. The highest BCUT2D eigenvalue weighted by atomic mass is 32.2.